The minimum Gasteiger partial charge on any atom is -0.368 e. The van der Waals surface area contributed by atoms with Crippen molar-refractivity contribution in [1.82, 2.24) is 19.4 Å². The molecule has 0 unspecified atom stereocenters. The highest BCUT2D eigenvalue weighted by molar-refractivity contribution is 7.18. The monoisotopic (exact) mass is 396 g/mol. The van der Waals surface area contributed by atoms with Crippen LogP contribution >= 0.6 is 11.3 Å². The zero-order valence-electron chi connectivity index (χ0n) is 15.5. The first-order chi connectivity index (χ1) is 13.6. The average molecular weight is 396 g/mol. The lowest BCUT2D eigenvalue weighted by Gasteiger charge is -2.35. The van der Waals surface area contributed by atoms with Gasteiger partial charge in [-0.1, -0.05) is 0 Å². The lowest BCUT2D eigenvalue weighted by Crippen LogP contribution is -2.45. The van der Waals surface area contributed by atoms with Gasteiger partial charge in [0, 0.05) is 44.1 Å². The van der Waals surface area contributed by atoms with Crippen molar-refractivity contribution < 1.29 is 0 Å². The highest BCUT2D eigenvalue weighted by Crippen LogP contribution is 2.23. The van der Waals surface area contributed by atoms with Gasteiger partial charge in [-0.3, -0.25) is 14.3 Å². The van der Waals surface area contributed by atoms with E-state index in [0.29, 0.717) is 22.5 Å². The molecule has 0 bridgehead atoms. The number of nitrogens with zero attached hydrogens (tertiary/aromatic N) is 5. The zero-order valence-corrected chi connectivity index (χ0v) is 16.3. The average Bonchev–Trinajstić information content (AvgIpc) is 3.11. The molecule has 1 aliphatic heterocycles. The van der Waals surface area contributed by atoms with Crippen molar-refractivity contribution in [3.05, 3.63) is 55.8 Å². The van der Waals surface area contributed by atoms with Crippen LogP contribution in [0.4, 0.5) is 5.69 Å². The molecule has 0 aromatic carbocycles. The SMILES string of the molecule is CCn1c(=O)[nH]c2cc(CN3CCN(c4ccc(C#N)nc4)CC3)sc2c1=O. The number of aromatic amines is 1. The zero-order chi connectivity index (χ0) is 19.7. The van der Waals surface area contributed by atoms with Gasteiger partial charge < -0.3 is 9.88 Å². The fraction of sp³-hybridized carbons (Fsp3) is 0.368. The van der Waals surface area contributed by atoms with E-state index in [2.05, 4.69) is 19.8 Å². The molecule has 28 heavy (non-hydrogen) atoms. The molecule has 0 atom stereocenters. The first kappa shape index (κ1) is 18.4. The van der Waals surface area contributed by atoms with Crippen molar-refractivity contribution in [1.29, 1.82) is 5.26 Å². The van der Waals surface area contributed by atoms with Crippen molar-refractivity contribution in [3.63, 3.8) is 0 Å². The molecule has 4 heterocycles. The van der Waals surface area contributed by atoms with E-state index in [1.54, 1.807) is 19.2 Å². The van der Waals surface area contributed by atoms with Gasteiger partial charge in [-0.15, -0.1) is 11.3 Å². The van der Waals surface area contributed by atoms with Crippen LogP contribution in [0.2, 0.25) is 0 Å². The Morgan fingerprint density at radius 1 is 1.25 bits per heavy atom. The molecular formula is C19H20N6O2S. The minimum atomic E-state index is -0.353. The van der Waals surface area contributed by atoms with Gasteiger partial charge in [0.25, 0.3) is 5.56 Å². The van der Waals surface area contributed by atoms with Gasteiger partial charge >= 0.3 is 5.69 Å². The third kappa shape index (κ3) is 3.44. The Bertz CT molecular complexity index is 1150. The summed E-state index contributed by atoms with van der Waals surface area (Å²) in [6.45, 7) is 6.44. The maximum absolute atomic E-state index is 12.4. The number of rotatable bonds is 4. The van der Waals surface area contributed by atoms with Gasteiger partial charge in [0.15, 0.2) is 0 Å². The molecule has 0 aliphatic carbocycles. The number of nitrogens with one attached hydrogen (secondary N) is 1. The second-order valence-corrected chi connectivity index (χ2v) is 7.85. The molecule has 9 heteroatoms. The Hall–Kier alpha value is -2.96. The van der Waals surface area contributed by atoms with Crippen LogP contribution in [0.1, 0.15) is 17.5 Å². The molecule has 8 nitrogen and oxygen atoms in total. The van der Waals surface area contributed by atoms with Crippen molar-refractivity contribution in [2.45, 2.75) is 20.0 Å². The Kier molecular flexibility index (Phi) is 4.98. The van der Waals surface area contributed by atoms with E-state index < -0.39 is 0 Å². The second-order valence-electron chi connectivity index (χ2n) is 6.71. The number of hydrogen-bond donors (Lipinski definition) is 1. The van der Waals surface area contributed by atoms with Crippen molar-refractivity contribution in [2.24, 2.45) is 0 Å². The Morgan fingerprint density at radius 3 is 2.68 bits per heavy atom. The van der Waals surface area contributed by atoms with Gasteiger partial charge in [0.2, 0.25) is 0 Å². The minimum absolute atomic E-state index is 0.212. The number of pyridine rings is 1. The predicted molar refractivity (Wildman–Crippen MR) is 109 cm³/mol. The van der Waals surface area contributed by atoms with Gasteiger partial charge in [-0.25, -0.2) is 9.78 Å². The molecule has 3 aromatic rings. The molecule has 0 radical (unpaired) electrons. The molecule has 1 saturated heterocycles. The Balaban J connectivity index is 1.45. The van der Waals surface area contributed by atoms with Crippen molar-refractivity contribution in [3.8, 4) is 6.07 Å². The van der Waals surface area contributed by atoms with Crippen molar-refractivity contribution in [2.75, 3.05) is 31.1 Å². The molecule has 4 rings (SSSR count). The van der Waals surface area contributed by atoms with E-state index in [4.69, 9.17) is 5.26 Å². The molecular weight excluding hydrogens is 376 g/mol. The normalized spacial score (nSPS) is 15.1. The van der Waals surface area contributed by atoms with Crippen LogP contribution in [0.25, 0.3) is 10.2 Å². The lowest BCUT2D eigenvalue weighted by atomic mass is 10.2. The summed E-state index contributed by atoms with van der Waals surface area (Å²) in [5.74, 6) is 0. The molecule has 1 fully saturated rings. The molecule has 3 aromatic heterocycles. The molecule has 144 valence electrons. The summed E-state index contributed by atoms with van der Waals surface area (Å²) in [6.07, 6.45) is 1.75. The van der Waals surface area contributed by atoms with Gasteiger partial charge in [-0.2, -0.15) is 5.26 Å². The number of thiophene rings is 1. The van der Waals surface area contributed by atoms with Crippen molar-refractivity contribution >= 4 is 27.2 Å². The predicted octanol–water partition coefficient (Wildman–Crippen LogP) is 1.36. The summed E-state index contributed by atoms with van der Waals surface area (Å²) in [5, 5.41) is 8.86. The van der Waals surface area contributed by atoms with Gasteiger partial charge in [0.1, 0.15) is 16.5 Å². The number of anilines is 1. The van der Waals surface area contributed by atoms with E-state index >= 15 is 0 Å². The van der Waals surface area contributed by atoms with Crippen LogP contribution in [0, 0.1) is 11.3 Å². The van der Waals surface area contributed by atoms with Gasteiger partial charge in [-0.05, 0) is 25.1 Å². The van der Waals surface area contributed by atoms with Crippen LogP contribution in [0.5, 0.6) is 0 Å². The van der Waals surface area contributed by atoms with Crippen LogP contribution in [-0.2, 0) is 13.1 Å². The molecule has 1 aliphatic rings. The first-order valence-corrected chi connectivity index (χ1v) is 9.99. The standard InChI is InChI=1S/C19H20N6O2S/c1-2-25-18(26)17-16(22-19(25)27)9-15(28-17)12-23-5-7-24(8-6-23)14-4-3-13(10-20)21-11-14/h3-4,9,11H,2,5-8,12H2,1H3,(H,22,27). The van der Waals surface area contributed by atoms with Crippen LogP contribution in [0.3, 0.4) is 0 Å². The number of fused-ring (bicyclic) bond motifs is 1. The highest BCUT2D eigenvalue weighted by Gasteiger charge is 2.19. The first-order valence-electron chi connectivity index (χ1n) is 9.18. The third-order valence-electron chi connectivity index (χ3n) is 5.00. The van der Waals surface area contributed by atoms with Crippen LogP contribution < -0.4 is 16.1 Å². The number of nitriles is 1. The van der Waals surface area contributed by atoms with E-state index in [9.17, 15) is 9.59 Å². The quantitative estimate of drug-likeness (QED) is 0.715. The largest absolute Gasteiger partial charge is 0.368 e. The maximum Gasteiger partial charge on any atom is 0.328 e. The highest BCUT2D eigenvalue weighted by atomic mass is 32.1. The number of H-pyrrole nitrogens is 1. The summed E-state index contributed by atoms with van der Waals surface area (Å²) in [4.78, 5) is 37.0. The summed E-state index contributed by atoms with van der Waals surface area (Å²) in [5.41, 5.74) is 1.51. The number of aromatic nitrogens is 3. The smallest absolute Gasteiger partial charge is 0.328 e. The fourth-order valence-electron chi connectivity index (χ4n) is 3.48. The molecule has 1 N–H and O–H groups in total. The van der Waals surface area contributed by atoms with E-state index in [0.717, 1.165) is 43.3 Å². The Labute approximate surface area is 165 Å². The summed E-state index contributed by atoms with van der Waals surface area (Å²) in [6, 6.07) is 7.62. The Morgan fingerprint density at radius 2 is 2.04 bits per heavy atom. The summed E-state index contributed by atoms with van der Waals surface area (Å²) < 4.78 is 1.84. The van der Waals surface area contributed by atoms with E-state index in [1.807, 2.05) is 18.2 Å². The third-order valence-corrected chi connectivity index (χ3v) is 6.11. The molecule has 0 saturated carbocycles. The lowest BCUT2D eigenvalue weighted by molar-refractivity contribution is 0.252. The summed E-state index contributed by atoms with van der Waals surface area (Å²) in [7, 11) is 0. The maximum atomic E-state index is 12.4. The van der Waals surface area contributed by atoms with Gasteiger partial charge in [0.05, 0.1) is 17.4 Å². The molecule has 0 spiro atoms. The van der Waals surface area contributed by atoms with Crippen LogP contribution in [0.15, 0.2) is 34.0 Å². The summed E-state index contributed by atoms with van der Waals surface area (Å²) >= 11 is 1.46. The van der Waals surface area contributed by atoms with E-state index in [-0.39, 0.29) is 11.2 Å². The number of piperazine rings is 1. The number of hydrogen-bond acceptors (Lipinski definition) is 7. The molecule has 0 amide bonds. The second kappa shape index (κ2) is 7.58. The fourth-order valence-corrected chi connectivity index (χ4v) is 4.58. The van der Waals surface area contributed by atoms with E-state index in [1.165, 1.54) is 15.9 Å². The topological polar surface area (TPSA) is 98.0 Å². The van der Waals surface area contributed by atoms with Crippen LogP contribution in [-0.4, -0.2) is 45.6 Å².